The summed E-state index contributed by atoms with van der Waals surface area (Å²) >= 11 is 0. The molecule has 0 fully saturated rings. The second kappa shape index (κ2) is 6.00. The van der Waals surface area contributed by atoms with Gasteiger partial charge in [0, 0.05) is 18.7 Å². The molecule has 108 valence electrons. The molecule has 3 heteroatoms. The van der Waals surface area contributed by atoms with Crippen molar-refractivity contribution in [3.63, 3.8) is 0 Å². The molecule has 0 saturated carbocycles. The highest BCUT2D eigenvalue weighted by molar-refractivity contribution is 5.96. The van der Waals surface area contributed by atoms with Crippen LogP contribution in [-0.4, -0.2) is 24.5 Å². The summed E-state index contributed by atoms with van der Waals surface area (Å²) in [5, 5.41) is 0. The van der Waals surface area contributed by atoms with Gasteiger partial charge in [0.25, 0.3) is 5.91 Å². The second-order valence-electron chi connectivity index (χ2n) is 5.34. The lowest BCUT2D eigenvalue weighted by Crippen LogP contribution is -2.30. The summed E-state index contributed by atoms with van der Waals surface area (Å²) < 4.78 is 5.25. The number of ether oxygens (including phenoxy) is 1. The van der Waals surface area contributed by atoms with Crippen LogP contribution in [0.2, 0.25) is 0 Å². The van der Waals surface area contributed by atoms with Crippen molar-refractivity contribution >= 4 is 5.91 Å². The van der Waals surface area contributed by atoms with Gasteiger partial charge in [-0.1, -0.05) is 36.4 Å². The number of hydrogen-bond acceptors (Lipinski definition) is 2. The zero-order valence-corrected chi connectivity index (χ0v) is 12.2. The van der Waals surface area contributed by atoms with E-state index in [1.807, 2.05) is 41.3 Å². The Hall–Kier alpha value is -2.29. The SMILES string of the molecule is COc1ccc2c(c1)C(=O)N(Cc1ccccc1)CCC2. The quantitative estimate of drug-likeness (QED) is 0.864. The Morgan fingerprint density at radius 3 is 2.71 bits per heavy atom. The summed E-state index contributed by atoms with van der Waals surface area (Å²) in [7, 11) is 1.63. The van der Waals surface area contributed by atoms with E-state index in [-0.39, 0.29) is 5.91 Å². The van der Waals surface area contributed by atoms with Crippen molar-refractivity contribution in [2.45, 2.75) is 19.4 Å². The highest BCUT2D eigenvalue weighted by Gasteiger charge is 2.22. The molecule has 3 nitrogen and oxygen atoms in total. The summed E-state index contributed by atoms with van der Waals surface area (Å²) in [4.78, 5) is 14.7. The third-order valence-electron chi connectivity index (χ3n) is 3.93. The average molecular weight is 281 g/mol. The lowest BCUT2D eigenvalue weighted by molar-refractivity contribution is 0.0748. The lowest BCUT2D eigenvalue weighted by atomic mass is 10.0. The summed E-state index contributed by atoms with van der Waals surface area (Å²) in [6.07, 6.45) is 1.94. The van der Waals surface area contributed by atoms with Gasteiger partial charge >= 0.3 is 0 Å². The average Bonchev–Trinajstić information content (AvgIpc) is 2.68. The monoisotopic (exact) mass is 281 g/mol. The Kier molecular flexibility index (Phi) is 3.91. The normalized spacial score (nSPS) is 14.5. The highest BCUT2D eigenvalue weighted by Crippen LogP contribution is 2.24. The van der Waals surface area contributed by atoms with Crippen molar-refractivity contribution in [3.8, 4) is 5.75 Å². The van der Waals surface area contributed by atoms with E-state index in [0.29, 0.717) is 6.54 Å². The largest absolute Gasteiger partial charge is 0.497 e. The molecular weight excluding hydrogens is 262 g/mol. The first-order valence-electron chi connectivity index (χ1n) is 7.28. The zero-order valence-electron chi connectivity index (χ0n) is 12.2. The third-order valence-corrected chi connectivity index (χ3v) is 3.93. The van der Waals surface area contributed by atoms with Crippen LogP contribution in [0.15, 0.2) is 48.5 Å². The molecule has 0 N–H and O–H groups in total. The highest BCUT2D eigenvalue weighted by atomic mass is 16.5. The second-order valence-corrected chi connectivity index (χ2v) is 5.34. The van der Waals surface area contributed by atoms with Crippen LogP contribution >= 0.6 is 0 Å². The van der Waals surface area contributed by atoms with Gasteiger partial charge in [-0.3, -0.25) is 4.79 Å². The van der Waals surface area contributed by atoms with Crippen LogP contribution in [0.3, 0.4) is 0 Å². The molecule has 2 aromatic rings. The molecule has 1 aliphatic heterocycles. The van der Waals surface area contributed by atoms with Crippen molar-refractivity contribution in [3.05, 3.63) is 65.2 Å². The van der Waals surface area contributed by atoms with Crippen LogP contribution in [0.5, 0.6) is 5.75 Å². The standard InChI is InChI=1S/C18H19NO2/c1-21-16-10-9-15-8-5-11-19(18(20)17(15)12-16)13-14-6-3-2-4-7-14/h2-4,6-7,9-10,12H,5,8,11,13H2,1H3. The fourth-order valence-electron chi connectivity index (χ4n) is 2.79. The summed E-state index contributed by atoms with van der Waals surface area (Å²) in [6.45, 7) is 1.46. The first kappa shape index (κ1) is 13.7. The van der Waals surface area contributed by atoms with E-state index in [1.165, 1.54) is 0 Å². The van der Waals surface area contributed by atoms with Crippen LogP contribution in [0, 0.1) is 0 Å². The molecule has 2 aromatic carbocycles. The van der Waals surface area contributed by atoms with Gasteiger partial charge < -0.3 is 9.64 Å². The molecule has 3 rings (SSSR count). The maximum atomic E-state index is 12.8. The maximum absolute atomic E-state index is 12.8. The van der Waals surface area contributed by atoms with E-state index in [9.17, 15) is 4.79 Å². The first-order chi connectivity index (χ1) is 10.3. The molecule has 0 radical (unpaired) electrons. The van der Waals surface area contributed by atoms with Crippen LogP contribution < -0.4 is 4.74 Å². The molecule has 0 bridgehead atoms. The molecule has 0 unspecified atom stereocenters. The number of carbonyl (C=O) groups is 1. The maximum Gasteiger partial charge on any atom is 0.254 e. The smallest absolute Gasteiger partial charge is 0.254 e. The number of carbonyl (C=O) groups excluding carboxylic acids is 1. The lowest BCUT2D eigenvalue weighted by Gasteiger charge is -2.21. The fraction of sp³-hybridized carbons (Fsp3) is 0.278. The van der Waals surface area contributed by atoms with E-state index >= 15 is 0 Å². The summed E-state index contributed by atoms with van der Waals surface area (Å²) in [6, 6.07) is 15.9. The number of benzene rings is 2. The minimum Gasteiger partial charge on any atom is -0.497 e. The number of amides is 1. The molecule has 0 saturated heterocycles. The van der Waals surface area contributed by atoms with Crippen molar-refractivity contribution in [1.82, 2.24) is 4.90 Å². The van der Waals surface area contributed by atoms with Gasteiger partial charge in [0.15, 0.2) is 0 Å². The van der Waals surface area contributed by atoms with Crippen molar-refractivity contribution in [2.24, 2.45) is 0 Å². The van der Waals surface area contributed by atoms with Crippen LogP contribution in [0.4, 0.5) is 0 Å². The minimum absolute atomic E-state index is 0.102. The molecule has 0 aromatic heterocycles. The van der Waals surface area contributed by atoms with Gasteiger partial charge in [-0.15, -0.1) is 0 Å². The molecule has 1 amide bonds. The van der Waals surface area contributed by atoms with E-state index in [0.717, 1.165) is 41.8 Å². The van der Waals surface area contributed by atoms with Gasteiger partial charge in [0.1, 0.15) is 5.75 Å². The zero-order chi connectivity index (χ0) is 14.7. The number of methoxy groups -OCH3 is 1. The van der Waals surface area contributed by atoms with Crippen LogP contribution in [-0.2, 0) is 13.0 Å². The van der Waals surface area contributed by atoms with E-state index in [1.54, 1.807) is 7.11 Å². The molecular formula is C18H19NO2. The number of nitrogens with zero attached hydrogens (tertiary/aromatic N) is 1. The third kappa shape index (κ3) is 2.92. The predicted molar refractivity (Wildman–Crippen MR) is 82.5 cm³/mol. The van der Waals surface area contributed by atoms with Crippen molar-refractivity contribution in [2.75, 3.05) is 13.7 Å². The molecule has 1 heterocycles. The van der Waals surface area contributed by atoms with Gasteiger partial charge in [-0.05, 0) is 36.1 Å². The Balaban J connectivity index is 1.88. The van der Waals surface area contributed by atoms with Crippen molar-refractivity contribution < 1.29 is 9.53 Å². The Morgan fingerprint density at radius 1 is 1.14 bits per heavy atom. The minimum atomic E-state index is 0.102. The molecule has 0 atom stereocenters. The molecule has 21 heavy (non-hydrogen) atoms. The summed E-state index contributed by atoms with van der Waals surface area (Å²) in [5.41, 5.74) is 3.07. The van der Waals surface area contributed by atoms with Gasteiger partial charge in [0.05, 0.1) is 7.11 Å². The first-order valence-corrected chi connectivity index (χ1v) is 7.28. The Bertz CT molecular complexity index is 637. The van der Waals surface area contributed by atoms with Crippen LogP contribution in [0.1, 0.15) is 27.9 Å². The molecule has 1 aliphatic rings. The molecule has 0 aliphatic carbocycles. The van der Waals surface area contributed by atoms with Gasteiger partial charge in [0.2, 0.25) is 0 Å². The topological polar surface area (TPSA) is 29.5 Å². The number of rotatable bonds is 3. The predicted octanol–water partition coefficient (Wildman–Crippen LogP) is 3.28. The molecule has 0 spiro atoms. The van der Waals surface area contributed by atoms with Crippen molar-refractivity contribution in [1.29, 1.82) is 0 Å². The Morgan fingerprint density at radius 2 is 1.95 bits per heavy atom. The number of hydrogen-bond donors (Lipinski definition) is 0. The van der Waals surface area contributed by atoms with Gasteiger partial charge in [-0.25, -0.2) is 0 Å². The van der Waals surface area contributed by atoms with E-state index < -0.39 is 0 Å². The van der Waals surface area contributed by atoms with E-state index in [4.69, 9.17) is 4.74 Å². The fourth-order valence-corrected chi connectivity index (χ4v) is 2.79. The van der Waals surface area contributed by atoms with E-state index in [2.05, 4.69) is 12.1 Å². The van der Waals surface area contributed by atoms with Crippen LogP contribution in [0.25, 0.3) is 0 Å². The van der Waals surface area contributed by atoms with Gasteiger partial charge in [-0.2, -0.15) is 0 Å². The Labute approximate surface area is 125 Å². The summed E-state index contributed by atoms with van der Waals surface area (Å²) in [5.74, 6) is 0.842. The number of fused-ring (bicyclic) bond motifs is 1. The number of aryl methyl sites for hydroxylation is 1.